The zero-order valence-corrected chi connectivity index (χ0v) is 16.9. The second kappa shape index (κ2) is 10.5. The number of thiol groups is 1. The summed E-state index contributed by atoms with van der Waals surface area (Å²) in [5.74, 6) is -0.939. The molecule has 2 nitrogen and oxygen atoms in total. The van der Waals surface area contributed by atoms with E-state index in [1.807, 2.05) is 0 Å². The second-order valence-electron chi connectivity index (χ2n) is 2.32. The zero-order chi connectivity index (χ0) is 10.3. The van der Waals surface area contributed by atoms with Gasteiger partial charge in [-0.15, -0.1) is 12.6 Å². The zero-order valence-electron chi connectivity index (χ0n) is 9.53. The Morgan fingerprint density at radius 3 is 2.29 bits per heavy atom. The number of rotatable bonds is 1. The van der Waals surface area contributed by atoms with Gasteiger partial charge in [0.2, 0.25) is 0 Å². The summed E-state index contributed by atoms with van der Waals surface area (Å²) < 4.78 is 1.44. The predicted octanol–water partition coefficient (Wildman–Crippen LogP) is -0.239. The van der Waals surface area contributed by atoms with E-state index in [9.17, 15) is 4.79 Å². The Hall–Kier alpha value is 0.975. The van der Waals surface area contributed by atoms with Gasteiger partial charge in [0, 0.05) is 4.90 Å². The molecule has 1 rings (SSSR count). The molecule has 69 valence electrons. The first-order valence-electron chi connectivity index (χ1n) is 3.94. The molecule has 0 fully saturated rings. The van der Waals surface area contributed by atoms with E-state index < -0.39 is 5.97 Å². The van der Waals surface area contributed by atoms with E-state index in [0.717, 1.165) is 26.1 Å². The molecule has 0 aromatic heterocycles. The van der Waals surface area contributed by atoms with Crippen LogP contribution in [0.5, 0.6) is 0 Å². The van der Waals surface area contributed by atoms with Crippen LogP contribution in [-0.2, 0) is 26.1 Å². The number of carboxylic acid groups (broad SMARTS) is 1. The summed E-state index contributed by atoms with van der Waals surface area (Å²) in [7, 11) is 0. The molecule has 0 aliphatic carbocycles. The van der Waals surface area contributed by atoms with Crippen molar-refractivity contribution in [2.75, 3.05) is 0 Å². The standard InChI is InChI=1S/C7H6O2S.C2H5.Hg.Na.H/c8-7(9)5-3-1-2-4-6(5)10;1-2;;;/h1-4,10H,(H,8,9);1H2,2H3;;;/q;;;+1;-1. The maximum atomic E-state index is 10.4. The van der Waals surface area contributed by atoms with Gasteiger partial charge in [-0.3, -0.25) is 0 Å². The van der Waals surface area contributed by atoms with Crippen LogP contribution < -0.4 is 29.6 Å². The molecular formula is C9H12HgNaO2S. The summed E-state index contributed by atoms with van der Waals surface area (Å²) in [5, 5.41) is 8.52. The molecule has 0 radical (unpaired) electrons. The van der Waals surface area contributed by atoms with E-state index in [0.29, 0.717) is 4.90 Å². The van der Waals surface area contributed by atoms with Crippen LogP contribution >= 0.6 is 12.6 Å². The summed E-state index contributed by atoms with van der Waals surface area (Å²) >= 11 is 5.02. The molecule has 1 N–H and O–H groups in total. The van der Waals surface area contributed by atoms with Crippen molar-refractivity contribution in [2.24, 2.45) is 0 Å². The minimum absolute atomic E-state index is 0. The molecule has 0 atom stereocenters. The van der Waals surface area contributed by atoms with Crippen molar-refractivity contribution < 1.29 is 67.0 Å². The Kier molecular flexibility index (Phi) is 13.0. The average Bonchev–Trinajstić information content (AvgIpc) is 2.06. The second-order valence-corrected chi connectivity index (χ2v) is 6.69. The number of carbonyl (C=O) groups is 1. The largest absolute Gasteiger partial charge is 1.00 e. The van der Waals surface area contributed by atoms with Crippen LogP contribution in [0.4, 0.5) is 0 Å². The molecule has 1 aromatic rings. The monoisotopic (exact) mass is 409 g/mol. The average molecular weight is 408 g/mol. The molecule has 1 aromatic carbocycles. The summed E-state index contributed by atoms with van der Waals surface area (Å²) in [6, 6.07) is 6.58. The van der Waals surface area contributed by atoms with Crippen LogP contribution in [0.2, 0.25) is 3.93 Å². The molecule has 0 bridgehead atoms. The molecule has 5 heteroatoms. The maximum Gasteiger partial charge on any atom is 1.00 e. The third-order valence-electron chi connectivity index (χ3n) is 1.13. The number of hydrogen-bond acceptors (Lipinski definition) is 2. The first-order chi connectivity index (χ1) is 6.13. The van der Waals surface area contributed by atoms with Gasteiger partial charge in [-0.05, 0) is 12.1 Å². The Balaban J connectivity index is -0.000000260. The fraction of sp³-hybridized carbons (Fsp3) is 0.222. The van der Waals surface area contributed by atoms with Gasteiger partial charge in [0.25, 0.3) is 0 Å². The molecule has 0 saturated heterocycles. The molecule has 0 aliphatic heterocycles. The molecule has 0 spiro atoms. The van der Waals surface area contributed by atoms with E-state index in [4.69, 9.17) is 5.11 Å². The normalized spacial score (nSPS) is 8.00. The van der Waals surface area contributed by atoms with Crippen molar-refractivity contribution in [3.8, 4) is 0 Å². The van der Waals surface area contributed by atoms with Gasteiger partial charge < -0.3 is 6.53 Å². The maximum absolute atomic E-state index is 10.4. The van der Waals surface area contributed by atoms with Crippen LogP contribution in [0.3, 0.4) is 0 Å². The van der Waals surface area contributed by atoms with Crippen LogP contribution in [0.25, 0.3) is 0 Å². The third kappa shape index (κ3) is 7.29. The van der Waals surface area contributed by atoms with Crippen molar-refractivity contribution in [3.05, 3.63) is 29.8 Å². The van der Waals surface area contributed by atoms with E-state index >= 15 is 0 Å². The molecule has 0 heterocycles. The first-order valence-corrected chi connectivity index (χ1v) is 8.27. The van der Waals surface area contributed by atoms with Crippen molar-refractivity contribution in [1.29, 1.82) is 0 Å². The van der Waals surface area contributed by atoms with Gasteiger partial charge >= 0.3 is 72.5 Å². The van der Waals surface area contributed by atoms with Gasteiger partial charge in [0.15, 0.2) is 0 Å². The summed E-state index contributed by atoms with van der Waals surface area (Å²) in [4.78, 5) is 10.9. The summed E-state index contributed by atoms with van der Waals surface area (Å²) in [6.45, 7) is 2.21. The quantitative estimate of drug-likeness (QED) is 0.498. The molecule has 0 aliphatic rings. The number of hydrogen-bond donors (Lipinski definition) is 2. The predicted molar refractivity (Wildman–Crippen MR) is 52.2 cm³/mol. The summed E-state index contributed by atoms with van der Waals surface area (Å²) in [6.07, 6.45) is 0. The first kappa shape index (κ1) is 17.4. The van der Waals surface area contributed by atoms with Crippen LogP contribution in [0.1, 0.15) is 18.7 Å². The van der Waals surface area contributed by atoms with E-state index in [1.165, 1.54) is 10.00 Å². The Labute approximate surface area is 130 Å². The molecule has 14 heavy (non-hydrogen) atoms. The van der Waals surface area contributed by atoms with E-state index in [-0.39, 0.29) is 36.5 Å². The van der Waals surface area contributed by atoms with Crippen molar-refractivity contribution in [1.82, 2.24) is 0 Å². The fourth-order valence-electron chi connectivity index (χ4n) is 0.654. The van der Waals surface area contributed by atoms with Gasteiger partial charge in [0.05, 0.1) is 5.56 Å². The van der Waals surface area contributed by atoms with Crippen LogP contribution in [0.15, 0.2) is 29.2 Å². The van der Waals surface area contributed by atoms with E-state index in [2.05, 4.69) is 19.6 Å². The third-order valence-corrected chi connectivity index (χ3v) is 1.52. The van der Waals surface area contributed by atoms with Crippen molar-refractivity contribution >= 4 is 18.6 Å². The van der Waals surface area contributed by atoms with Gasteiger partial charge in [-0.2, -0.15) is 0 Å². The van der Waals surface area contributed by atoms with Crippen molar-refractivity contribution in [3.63, 3.8) is 0 Å². The number of carboxylic acids is 1. The van der Waals surface area contributed by atoms with Gasteiger partial charge in [0.1, 0.15) is 0 Å². The molecule has 0 amide bonds. The number of aromatic carboxylic acids is 1. The van der Waals surface area contributed by atoms with E-state index in [1.54, 1.807) is 18.2 Å². The minimum atomic E-state index is -0.939. The molecular weight excluding hydrogens is 396 g/mol. The van der Waals surface area contributed by atoms with Crippen LogP contribution in [0, 0.1) is 0 Å². The minimum Gasteiger partial charge on any atom is -1.00 e. The Bertz CT molecular complexity index is 287. The topological polar surface area (TPSA) is 37.3 Å². The van der Waals surface area contributed by atoms with Crippen molar-refractivity contribution in [2.45, 2.75) is 15.7 Å². The summed E-state index contributed by atoms with van der Waals surface area (Å²) in [5.41, 5.74) is 0.242. The number of benzene rings is 1. The van der Waals surface area contributed by atoms with Gasteiger partial charge in [-0.1, -0.05) is 12.1 Å². The Morgan fingerprint density at radius 1 is 1.57 bits per heavy atom. The van der Waals surface area contributed by atoms with Crippen LogP contribution in [-0.4, -0.2) is 11.1 Å². The fourth-order valence-corrected chi connectivity index (χ4v) is 0.911. The Morgan fingerprint density at radius 2 is 2.00 bits per heavy atom. The molecule has 0 saturated carbocycles. The van der Waals surface area contributed by atoms with Gasteiger partial charge in [-0.25, -0.2) is 4.79 Å². The molecule has 0 unspecified atom stereocenters. The smallest absolute Gasteiger partial charge is 1.00 e. The SMILES string of the molecule is C[CH2][Hg].O=C(O)c1ccccc1S.[H-].[Na+].